The Morgan fingerprint density at radius 2 is 1.70 bits per heavy atom. The monoisotopic (exact) mass is 471 g/mol. The van der Waals surface area contributed by atoms with Crippen molar-refractivity contribution in [3.63, 3.8) is 0 Å². The third-order valence-corrected chi connectivity index (χ3v) is 10.7. The number of fused-ring (bicyclic) bond motifs is 5. The normalized spacial score (nSPS) is 45.1. The minimum atomic E-state index is -1.26. The van der Waals surface area contributed by atoms with E-state index in [4.69, 9.17) is 0 Å². The second-order valence-corrected chi connectivity index (χ2v) is 12.1. The van der Waals surface area contributed by atoms with E-state index < -0.39 is 12.5 Å². The molecule has 33 heavy (non-hydrogen) atoms. The van der Waals surface area contributed by atoms with Crippen LogP contribution in [-0.2, 0) is 9.59 Å². The molecule has 0 radical (unpaired) electrons. The zero-order valence-corrected chi connectivity index (χ0v) is 23.0. The minimum absolute atomic E-state index is 0. The molecule has 0 aliphatic heterocycles. The average Bonchev–Trinajstić information content (AvgIpc) is 3.09. The second-order valence-electron chi connectivity index (χ2n) is 12.1. The average molecular weight is 472 g/mol. The summed E-state index contributed by atoms with van der Waals surface area (Å²) in [6.07, 6.45) is 8.95. The van der Waals surface area contributed by atoms with Gasteiger partial charge in [-0.2, -0.15) is 0 Å². The molecule has 4 saturated carbocycles. The Bertz CT molecular complexity index is 733. The van der Waals surface area contributed by atoms with Crippen LogP contribution in [0.3, 0.4) is 0 Å². The number of carboxylic acids is 1. The van der Waals surface area contributed by atoms with Crippen LogP contribution in [-0.4, -0.2) is 40.8 Å². The van der Waals surface area contributed by atoms with Gasteiger partial charge in [0.05, 0.1) is 24.7 Å². The number of hydrogen-bond donors (Lipinski definition) is 3. The molecule has 0 spiro atoms. The number of amides is 1. The van der Waals surface area contributed by atoms with Gasteiger partial charge in [-0.25, -0.2) is 0 Å². The first-order valence-corrected chi connectivity index (χ1v) is 12.9. The summed E-state index contributed by atoms with van der Waals surface area (Å²) < 4.78 is 0. The Morgan fingerprint density at radius 3 is 2.39 bits per heavy atom. The third kappa shape index (κ3) is 5.07. The molecular weight excluding hydrogens is 429 g/mol. The Hall–Kier alpha value is -0.140. The third-order valence-electron chi connectivity index (χ3n) is 10.7. The summed E-state index contributed by atoms with van der Waals surface area (Å²) in [5.41, 5.74) is 0.436. The molecule has 0 bridgehead atoms. The predicted octanol–water partition coefficient (Wildman–Crippen LogP) is -0.737. The number of rotatable bonds is 6. The first-order valence-electron chi connectivity index (χ1n) is 12.9. The van der Waals surface area contributed by atoms with Gasteiger partial charge in [0.25, 0.3) is 0 Å². The molecule has 4 aliphatic carbocycles. The van der Waals surface area contributed by atoms with E-state index in [1.54, 1.807) is 0 Å². The maximum Gasteiger partial charge on any atom is 1.00 e. The van der Waals surface area contributed by atoms with Crippen molar-refractivity contribution in [3.05, 3.63) is 0 Å². The summed E-state index contributed by atoms with van der Waals surface area (Å²) in [7, 11) is 0. The topological polar surface area (TPSA) is 110 Å². The number of carboxylic acid groups (broad SMARTS) is 1. The number of carbonyl (C=O) groups excluding carboxylic acids is 2. The van der Waals surface area contributed by atoms with Crippen LogP contribution in [0.1, 0.15) is 85.0 Å². The molecule has 7 heteroatoms. The van der Waals surface area contributed by atoms with Gasteiger partial charge in [-0.3, -0.25) is 4.79 Å². The molecule has 3 N–H and O–H groups in total. The number of aliphatic hydroxyl groups excluding tert-OH is 2. The maximum absolute atomic E-state index is 12.0. The van der Waals surface area contributed by atoms with Crippen LogP contribution in [0.25, 0.3) is 0 Å². The van der Waals surface area contributed by atoms with Crippen LogP contribution < -0.4 is 40.0 Å². The van der Waals surface area contributed by atoms with E-state index in [1.165, 1.54) is 6.42 Å². The Labute approximate surface area is 221 Å². The number of aliphatic hydroxyl groups is 2. The number of nitrogens with one attached hydrogen (secondary N) is 1. The zero-order valence-electron chi connectivity index (χ0n) is 21.0. The van der Waals surface area contributed by atoms with Gasteiger partial charge in [0.2, 0.25) is 5.91 Å². The molecule has 4 aliphatic rings. The van der Waals surface area contributed by atoms with Crippen LogP contribution in [0.5, 0.6) is 0 Å². The van der Waals surface area contributed by atoms with E-state index in [0.717, 1.165) is 51.4 Å². The molecule has 6 nitrogen and oxygen atoms in total. The summed E-state index contributed by atoms with van der Waals surface area (Å²) in [5.74, 6) is 1.31. The number of hydrogen-bond acceptors (Lipinski definition) is 5. The van der Waals surface area contributed by atoms with Crippen molar-refractivity contribution >= 4 is 11.9 Å². The molecule has 0 unspecified atom stereocenters. The fraction of sp³-hybridized carbons (Fsp3) is 0.923. The molecule has 1 amide bonds. The molecule has 0 aromatic carbocycles. The molecule has 4 fully saturated rings. The fourth-order valence-corrected chi connectivity index (χ4v) is 8.99. The van der Waals surface area contributed by atoms with Crippen LogP contribution in [0, 0.1) is 46.3 Å². The molecule has 0 aromatic heterocycles. The van der Waals surface area contributed by atoms with Crippen molar-refractivity contribution in [3.8, 4) is 0 Å². The summed E-state index contributed by atoms with van der Waals surface area (Å²) in [6, 6.07) is 0. The summed E-state index contributed by atoms with van der Waals surface area (Å²) in [4.78, 5) is 22.6. The molecular formula is C26H42NNaO5. The van der Waals surface area contributed by atoms with Gasteiger partial charge in [-0.15, -0.1) is 0 Å². The molecule has 0 saturated heterocycles. The summed E-state index contributed by atoms with van der Waals surface area (Å²) in [6.45, 7) is 6.70. The van der Waals surface area contributed by atoms with Crippen LogP contribution in [0.15, 0.2) is 0 Å². The quantitative estimate of drug-likeness (QED) is 0.442. The molecule has 10 atom stereocenters. The van der Waals surface area contributed by atoms with Crippen LogP contribution in [0.2, 0.25) is 0 Å². The minimum Gasteiger partial charge on any atom is -0.548 e. The van der Waals surface area contributed by atoms with Crippen molar-refractivity contribution in [2.24, 2.45) is 46.3 Å². The van der Waals surface area contributed by atoms with E-state index in [-0.39, 0.29) is 58.5 Å². The van der Waals surface area contributed by atoms with E-state index in [0.29, 0.717) is 41.9 Å². The van der Waals surface area contributed by atoms with E-state index in [2.05, 4.69) is 26.1 Å². The fourth-order valence-electron chi connectivity index (χ4n) is 8.99. The first kappa shape index (κ1) is 27.4. The Balaban J connectivity index is 0.00000306. The molecule has 4 rings (SSSR count). The van der Waals surface area contributed by atoms with Crippen molar-refractivity contribution in [2.45, 2.75) is 97.2 Å². The van der Waals surface area contributed by atoms with Crippen molar-refractivity contribution in [2.75, 3.05) is 6.54 Å². The largest absolute Gasteiger partial charge is 1.00 e. The van der Waals surface area contributed by atoms with Crippen molar-refractivity contribution in [1.82, 2.24) is 5.32 Å². The second kappa shape index (κ2) is 10.5. The van der Waals surface area contributed by atoms with Crippen LogP contribution >= 0.6 is 0 Å². The maximum atomic E-state index is 12.0. The number of aliphatic carboxylic acids is 1. The van der Waals surface area contributed by atoms with E-state index >= 15 is 0 Å². The van der Waals surface area contributed by atoms with Gasteiger partial charge >= 0.3 is 29.6 Å². The van der Waals surface area contributed by atoms with E-state index in [1.807, 2.05) is 0 Å². The van der Waals surface area contributed by atoms with Gasteiger partial charge in [0.1, 0.15) is 0 Å². The van der Waals surface area contributed by atoms with Crippen LogP contribution in [0.4, 0.5) is 0 Å². The van der Waals surface area contributed by atoms with Gasteiger partial charge in [-0.05, 0) is 104 Å². The standard InChI is InChI=1S/C26H43NO5.Na/c1-15(4-7-22(30)27-14-23(31)32)18-5-6-19-24-20(9-11-26(18,19)3)25(2)10-8-17(28)12-16(25)13-21(24)29;/h15-21,24,28-29H,4-14H2,1-3H3,(H,27,30)(H,31,32);/q;+1/p-1/t15-,16+,17-,18-,19+,20-,21-,24+,25+,26-;/m1./s1. The number of carbonyl (C=O) groups is 2. The Morgan fingerprint density at radius 1 is 1.03 bits per heavy atom. The predicted molar refractivity (Wildman–Crippen MR) is 119 cm³/mol. The SMILES string of the molecule is C[C@H](CCC(=O)NCC(=O)[O-])[C@H]1CC[C@H]2[C@@H]3[C@H](O)C[C@@H]4C[C@H](O)CC[C@]4(C)[C@@H]3CC[C@]12C.[Na+]. The molecule has 0 aromatic rings. The van der Waals surface area contributed by atoms with Crippen molar-refractivity contribution in [1.29, 1.82) is 0 Å². The summed E-state index contributed by atoms with van der Waals surface area (Å²) >= 11 is 0. The first-order chi connectivity index (χ1) is 15.1. The van der Waals surface area contributed by atoms with Gasteiger partial charge in [0, 0.05) is 6.42 Å². The van der Waals surface area contributed by atoms with Gasteiger partial charge in [-0.1, -0.05) is 20.8 Å². The van der Waals surface area contributed by atoms with Gasteiger partial charge in [0.15, 0.2) is 0 Å². The zero-order chi connectivity index (χ0) is 23.3. The molecule has 0 heterocycles. The summed E-state index contributed by atoms with van der Waals surface area (Å²) in [5, 5.41) is 34.5. The Kier molecular flexibility index (Phi) is 8.70. The smallest absolute Gasteiger partial charge is 0.548 e. The van der Waals surface area contributed by atoms with E-state index in [9.17, 15) is 24.9 Å². The van der Waals surface area contributed by atoms with Gasteiger partial charge < -0.3 is 25.4 Å². The van der Waals surface area contributed by atoms with Crippen molar-refractivity contribution < 1.29 is 54.5 Å². The molecule has 182 valence electrons.